The number of ether oxygens (including phenoxy) is 1. The number of nitrogens with one attached hydrogen (secondary N) is 1. The molecule has 3 heterocycles. The van der Waals surface area contributed by atoms with Crippen LogP contribution in [0.5, 0.6) is 5.75 Å². The van der Waals surface area contributed by atoms with Crippen molar-refractivity contribution >= 4 is 23.2 Å². The van der Waals surface area contributed by atoms with Gasteiger partial charge in [-0.25, -0.2) is 9.97 Å². The highest BCUT2D eigenvalue weighted by Gasteiger charge is 2.24. The van der Waals surface area contributed by atoms with E-state index in [0.29, 0.717) is 37.8 Å². The SMILES string of the molecule is COc1cccc(Nc2ccnc(C(=O)N3CCN(c4ncccn4)CC3)c2)c1. The number of hydrogen-bond donors (Lipinski definition) is 1. The number of carbonyl (C=O) groups is 1. The van der Waals surface area contributed by atoms with E-state index in [4.69, 9.17) is 4.74 Å². The lowest BCUT2D eigenvalue weighted by Gasteiger charge is -2.34. The third-order valence-electron chi connectivity index (χ3n) is 4.74. The molecule has 1 aliphatic heterocycles. The molecule has 1 amide bonds. The third kappa shape index (κ3) is 4.43. The fourth-order valence-electron chi connectivity index (χ4n) is 3.22. The third-order valence-corrected chi connectivity index (χ3v) is 4.74. The normalized spacial score (nSPS) is 13.8. The van der Waals surface area contributed by atoms with Gasteiger partial charge in [0, 0.05) is 62.2 Å². The average molecular weight is 390 g/mol. The molecule has 8 nitrogen and oxygen atoms in total. The van der Waals surface area contributed by atoms with E-state index in [1.54, 1.807) is 37.8 Å². The van der Waals surface area contributed by atoms with Crippen LogP contribution in [0.3, 0.4) is 0 Å². The Balaban J connectivity index is 1.41. The topological polar surface area (TPSA) is 83.5 Å². The zero-order chi connectivity index (χ0) is 20.1. The molecule has 1 aromatic carbocycles. The molecule has 0 unspecified atom stereocenters. The summed E-state index contributed by atoms with van der Waals surface area (Å²) >= 11 is 0. The molecule has 1 aliphatic rings. The highest BCUT2D eigenvalue weighted by molar-refractivity contribution is 5.93. The Hall–Kier alpha value is -3.68. The van der Waals surface area contributed by atoms with Crippen molar-refractivity contribution in [2.45, 2.75) is 0 Å². The molecule has 0 spiro atoms. The summed E-state index contributed by atoms with van der Waals surface area (Å²) in [6, 6.07) is 13.0. The van der Waals surface area contributed by atoms with Crippen molar-refractivity contribution in [1.29, 1.82) is 0 Å². The molecule has 0 saturated carbocycles. The molecule has 3 aromatic rings. The lowest BCUT2D eigenvalue weighted by Crippen LogP contribution is -2.49. The first-order valence-electron chi connectivity index (χ1n) is 9.41. The Bertz CT molecular complexity index is 974. The maximum Gasteiger partial charge on any atom is 0.272 e. The predicted octanol–water partition coefficient (Wildman–Crippen LogP) is 2.59. The van der Waals surface area contributed by atoms with E-state index in [2.05, 4.69) is 25.2 Å². The van der Waals surface area contributed by atoms with E-state index < -0.39 is 0 Å². The average Bonchev–Trinajstić information content (AvgIpc) is 2.79. The summed E-state index contributed by atoms with van der Waals surface area (Å²) in [7, 11) is 1.63. The van der Waals surface area contributed by atoms with Gasteiger partial charge in [0.1, 0.15) is 11.4 Å². The quantitative estimate of drug-likeness (QED) is 0.717. The number of pyridine rings is 1. The van der Waals surface area contributed by atoms with Crippen LogP contribution >= 0.6 is 0 Å². The summed E-state index contributed by atoms with van der Waals surface area (Å²) in [6.45, 7) is 2.59. The van der Waals surface area contributed by atoms with Gasteiger partial charge in [0.25, 0.3) is 5.91 Å². The van der Waals surface area contributed by atoms with Gasteiger partial charge >= 0.3 is 0 Å². The highest BCUT2D eigenvalue weighted by Crippen LogP contribution is 2.22. The Morgan fingerprint density at radius 2 is 1.69 bits per heavy atom. The number of carbonyl (C=O) groups excluding carboxylic acids is 1. The first-order chi connectivity index (χ1) is 14.2. The van der Waals surface area contributed by atoms with Crippen LogP contribution in [0.4, 0.5) is 17.3 Å². The molecule has 1 fully saturated rings. The lowest BCUT2D eigenvalue weighted by molar-refractivity contribution is 0.0740. The van der Waals surface area contributed by atoms with Crippen molar-refractivity contribution in [3.8, 4) is 5.75 Å². The smallest absolute Gasteiger partial charge is 0.272 e. The second kappa shape index (κ2) is 8.55. The van der Waals surface area contributed by atoms with Crippen LogP contribution in [0.15, 0.2) is 61.1 Å². The zero-order valence-corrected chi connectivity index (χ0v) is 16.2. The largest absolute Gasteiger partial charge is 0.497 e. The van der Waals surface area contributed by atoms with Crippen molar-refractivity contribution in [3.05, 3.63) is 66.7 Å². The predicted molar refractivity (Wildman–Crippen MR) is 111 cm³/mol. The number of benzene rings is 1. The van der Waals surface area contributed by atoms with Gasteiger partial charge in [-0.15, -0.1) is 0 Å². The van der Waals surface area contributed by atoms with Crippen LogP contribution in [-0.2, 0) is 0 Å². The zero-order valence-electron chi connectivity index (χ0n) is 16.2. The molecule has 4 rings (SSSR count). The number of aromatic nitrogens is 3. The highest BCUT2D eigenvalue weighted by atomic mass is 16.5. The molecule has 0 bridgehead atoms. The fourth-order valence-corrected chi connectivity index (χ4v) is 3.22. The van der Waals surface area contributed by atoms with Crippen LogP contribution in [0, 0.1) is 0 Å². The Morgan fingerprint density at radius 3 is 2.45 bits per heavy atom. The summed E-state index contributed by atoms with van der Waals surface area (Å²) in [5, 5.41) is 3.29. The minimum atomic E-state index is -0.0760. The van der Waals surface area contributed by atoms with Gasteiger partial charge in [0.05, 0.1) is 7.11 Å². The fraction of sp³-hybridized carbons (Fsp3) is 0.238. The van der Waals surface area contributed by atoms with Crippen LogP contribution in [0.1, 0.15) is 10.5 Å². The summed E-state index contributed by atoms with van der Waals surface area (Å²) in [6.07, 6.45) is 5.10. The monoisotopic (exact) mass is 390 g/mol. The minimum absolute atomic E-state index is 0.0760. The summed E-state index contributed by atoms with van der Waals surface area (Å²) < 4.78 is 5.25. The van der Waals surface area contributed by atoms with Crippen molar-refractivity contribution in [2.75, 3.05) is 43.5 Å². The number of hydrogen-bond acceptors (Lipinski definition) is 7. The standard InChI is InChI=1S/C21H22N6O2/c1-29-18-5-2-4-16(14-18)25-17-6-9-22-19(15-17)20(28)26-10-12-27(13-11-26)21-23-7-3-8-24-21/h2-9,14-15H,10-13H2,1H3,(H,22,25). The van der Waals surface area contributed by atoms with Gasteiger partial charge in [0.15, 0.2) is 0 Å². The number of rotatable bonds is 5. The van der Waals surface area contributed by atoms with Gasteiger partial charge in [-0.1, -0.05) is 6.07 Å². The van der Waals surface area contributed by atoms with Gasteiger partial charge in [0.2, 0.25) is 5.95 Å². The molecule has 29 heavy (non-hydrogen) atoms. The molecule has 1 N–H and O–H groups in total. The number of nitrogens with zero attached hydrogens (tertiary/aromatic N) is 5. The number of amides is 1. The molecule has 0 radical (unpaired) electrons. The molecule has 1 saturated heterocycles. The number of anilines is 3. The number of methoxy groups -OCH3 is 1. The van der Waals surface area contributed by atoms with Crippen molar-refractivity contribution in [3.63, 3.8) is 0 Å². The first kappa shape index (κ1) is 18.7. The van der Waals surface area contributed by atoms with E-state index in [1.165, 1.54) is 0 Å². The van der Waals surface area contributed by atoms with Gasteiger partial charge in [-0.05, 0) is 30.3 Å². The summed E-state index contributed by atoms with van der Waals surface area (Å²) in [4.78, 5) is 29.6. The van der Waals surface area contributed by atoms with Crippen LogP contribution < -0.4 is 15.0 Å². The minimum Gasteiger partial charge on any atom is -0.497 e. The summed E-state index contributed by atoms with van der Waals surface area (Å²) in [5.41, 5.74) is 2.10. The van der Waals surface area contributed by atoms with Crippen molar-refractivity contribution in [1.82, 2.24) is 19.9 Å². The second-order valence-electron chi connectivity index (χ2n) is 6.61. The molecule has 2 aromatic heterocycles. The van der Waals surface area contributed by atoms with Crippen molar-refractivity contribution < 1.29 is 9.53 Å². The van der Waals surface area contributed by atoms with E-state index in [-0.39, 0.29) is 5.91 Å². The molecule has 148 valence electrons. The van der Waals surface area contributed by atoms with Crippen LogP contribution in [0.25, 0.3) is 0 Å². The number of piperazine rings is 1. The first-order valence-corrected chi connectivity index (χ1v) is 9.41. The molecule has 8 heteroatoms. The molecular formula is C21H22N6O2. The van der Waals surface area contributed by atoms with Gasteiger partial charge in [-0.2, -0.15) is 0 Å². The van der Waals surface area contributed by atoms with E-state index in [9.17, 15) is 4.79 Å². The molecular weight excluding hydrogens is 368 g/mol. The Labute approximate surface area is 169 Å². The van der Waals surface area contributed by atoms with E-state index in [0.717, 1.165) is 17.1 Å². The van der Waals surface area contributed by atoms with E-state index in [1.807, 2.05) is 35.2 Å². The second-order valence-corrected chi connectivity index (χ2v) is 6.61. The van der Waals surface area contributed by atoms with E-state index >= 15 is 0 Å². The lowest BCUT2D eigenvalue weighted by atomic mass is 10.2. The maximum absolute atomic E-state index is 12.9. The Kier molecular flexibility index (Phi) is 5.51. The summed E-state index contributed by atoms with van der Waals surface area (Å²) in [5.74, 6) is 1.38. The molecule has 0 atom stereocenters. The maximum atomic E-state index is 12.9. The molecule has 0 aliphatic carbocycles. The van der Waals surface area contributed by atoms with Crippen molar-refractivity contribution in [2.24, 2.45) is 0 Å². The van der Waals surface area contributed by atoms with Gasteiger partial charge in [-0.3, -0.25) is 9.78 Å². The van der Waals surface area contributed by atoms with Crippen LogP contribution in [-0.4, -0.2) is 59.0 Å². The van der Waals surface area contributed by atoms with Crippen LogP contribution in [0.2, 0.25) is 0 Å². The Morgan fingerprint density at radius 1 is 0.931 bits per heavy atom. The van der Waals surface area contributed by atoms with Gasteiger partial charge < -0.3 is 19.9 Å².